The Kier molecular flexibility index (Phi) is 6.37. The van der Waals surface area contributed by atoms with Gasteiger partial charge in [0.05, 0.1) is 24.0 Å². The maximum Gasteiger partial charge on any atom is 0.243 e. The summed E-state index contributed by atoms with van der Waals surface area (Å²) in [5, 5.41) is 0. The van der Waals surface area contributed by atoms with Crippen molar-refractivity contribution in [2.45, 2.75) is 16.7 Å². The molecule has 0 saturated carbocycles. The van der Waals surface area contributed by atoms with Crippen molar-refractivity contribution in [1.29, 1.82) is 0 Å². The summed E-state index contributed by atoms with van der Waals surface area (Å²) in [6.45, 7) is 1.47. The maximum absolute atomic E-state index is 13.6. The number of sulfonamides is 2. The third-order valence-electron chi connectivity index (χ3n) is 4.96. The second-order valence-electron chi connectivity index (χ2n) is 6.73. The van der Waals surface area contributed by atoms with E-state index in [9.17, 15) is 21.2 Å². The van der Waals surface area contributed by atoms with Crippen molar-refractivity contribution in [3.05, 3.63) is 47.8 Å². The smallest absolute Gasteiger partial charge is 0.243 e. The van der Waals surface area contributed by atoms with Crippen LogP contribution >= 0.6 is 0 Å². The van der Waals surface area contributed by atoms with Crippen LogP contribution in [0.1, 0.15) is 5.56 Å². The predicted molar refractivity (Wildman–Crippen MR) is 108 cm³/mol. The summed E-state index contributed by atoms with van der Waals surface area (Å²) in [6.07, 6.45) is 0. The van der Waals surface area contributed by atoms with Crippen molar-refractivity contribution >= 4 is 20.0 Å². The number of piperazine rings is 1. The van der Waals surface area contributed by atoms with Crippen LogP contribution in [0.15, 0.2) is 46.2 Å². The first kappa shape index (κ1) is 22.5. The van der Waals surface area contributed by atoms with Gasteiger partial charge in [-0.2, -0.15) is 8.61 Å². The Bertz CT molecular complexity index is 1140. The van der Waals surface area contributed by atoms with Gasteiger partial charge in [0.2, 0.25) is 20.0 Å². The number of benzene rings is 2. The van der Waals surface area contributed by atoms with E-state index >= 15 is 0 Å². The van der Waals surface area contributed by atoms with E-state index in [1.165, 1.54) is 53.2 Å². The number of hydrogen-bond acceptors (Lipinski definition) is 6. The summed E-state index contributed by atoms with van der Waals surface area (Å²) >= 11 is 0. The number of halogens is 1. The highest BCUT2D eigenvalue weighted by atomic mass is 32.2. The minimum atomic E-state index is -3.93. The number of ether oxygens (including phenoxy) is 2. The molecule has 1 saturated heterocycles. The van der Waals surface area contributed by atoms with Crippen LogP contribution in [0, 0.1) is 12.7 Å². The zero-order chi connectivity index (χ0) is 22.1. The van der Waals surface area contributed by atoms with Gasteiger partial charge in [-0.1, -0.05) is 6.07 Å². The van der Waals surface area contributed by atoms with Crippen molar-refractivity contribution in [3.63, 3.8) is 0 Å². The topological polar surface area (TPSA) is 93.2 Å². The van der Waals surface area contributed by atoms with Gasteiger partial charge in [0.1, 0.15) is 5.82 Å². The van der Waals surface area contributed by atoms with Gasteiger partial charge in [0.25, 0.3) is 0 Å². The van der Waals surface area contributed by atoms with Gasteiger partial charge < -0.3 is 9.47 Å². The zero-order valence-electron chi connectivity index (χ0n) is 16.8. The highest BCUT2D eigenvalue weighted by Crippen LogP contribution is 2.31. The van der Waals surface area contributed by atoms with Gasteiger partial charge in [-0.15, -0.1) is 0 Å². The summed E-state index contributed by atoms with van der Waals surface area (Å²) in [6, 6.07) is 7.86. The van der Waals surface area contributed by atoms with Crippen molar-refractivity contribution in [3.8, 4) is 11.5 Å². The SMILES string of the molecule is COc1ccc(S(=O)(=O)N2CCN(S(=O)(=O)c3cc(F)ccc3C)CC2)cc1OC. The quantitative estimate of drug-likeness (QED) is 0.656. The van der Waals surface area contributed by atoms with Crippen LogP contribution in [-0.2, 0) is 20.0 Å². The van der Waals surface area contributed by atoms with Gasteiger partial charge in [-0.05, 0) is 36.8 Å². The molecule has 0 radical (unpaired) electrons. The lowest BCUT2D eigenvalue weighted by atomic mass is 10.2. The molecule has 0 aliphatic carbocycles. The lowest BCUT2D eigenvalue weighted by Crippen LogP contribution is -2.50. The Morgan fingerprint density at radius 3 is 1.93 bits per heavy atom. The number of methoxy groups -OCH3 is 2. The molecule has 0 bridgehead atoms. The fourth-order valence-electron chi connectivity index (χ4n) is 3.27. The Balaban J connectivity index is 1.80. The standard InChI is InChI=1S/C19H23FN2O6S2/c1-14-4-5-15(20)12-19(14)30(25,26)22-10-8-21(9-11-22)29(23,24)16-6-7-17(27-2)18(13-16)28-3/h4-7,12-13H,8-11H2,1-3H3. The number of rotatable bonds is 6. The lowest BCUT2D eigenvalue weighted by Gasteiger charge is -2.33. The van der Waals surface area contributed by atoms with E-state index in [1.807, 2.05) is 0 Å². The Morgan fingerprint density at radius 1 is 0.800 bits per heavy atom. The van der Waals surface area contributed by atoms with Crippen LogP contribution < -0.4 is 9.47 Å². The molecule has 30 heavy (non-hydrogen) atoms. The second kappa shape index (κ2) is 8.50. The van der Waals surface area contributed by atoms with E-state index in [-0.39, 0.29) is 41.7 Å². The van der Waals surface area contributed by atoms with E-state index in [1.54, 1.807) is 6.92 Å². The van der Waals surface area contributed by atoms with Crippen molar-refractivity contribution in [2.75, 3.05) is 40.4 Å². The van der Waals surface area contributed by atoms with Gasteiger partial charge in [0, 0.05) is 32.2 Å². The Hall–Kier alpha value is -2.21. The summed E-state index contributed by atoms with van der Waals surface area (Å²) in [7, 11) is -4.93. The molecule has 1 aliphatic rings. The molecule has 1 heterocycles. The summed E-state index contributed by atoms with van der Waals surface area (Å²) in [4.78, 5) is -0.0869. The van der Waals surface area contributed by atoms with Crippen molar-refractivity contribution < 1.29 is 30.7 Å². The molecular weight excluding hydrogens is 435 g/mol. The first-order chi connectivity index (χ1) is 14.1. The number of aryl methyl sites for hydroxylation is 1. The normalized spacial score (nSPS) is 16.4. The van der Waals surface area contributed by atoms with Crippen molar-refractivity contribution in [1.82, 2.24) is 8.61 Å². The highest BCUT2D eigenvalue weighted by molar-refractivity contribution is 7.89. The molecular formula is C19H23FN2O6S2. The molecule has 0 unspecified atom stereocenters. The Labute approximate surface area is 175 Å². The lowest BCUT2D eigenvalue weighted by molar-refractivity contribution is 0.272. The highest BCUT2D eigenvalue weighted by Gasteiger charge is 2.34. The summed E-state index contributed by atoms with van der Waals surface area (Å²) < 4.78 is 78.1. The van der Waals surface area contributed by atoms with Crippen LogP contribution in [-0.4, -0.2) is 65.8 Å². The van der Waals surface area contributed by atoms with E-state index in [2.05, 4.69) is 0 Å². The number of nitrogens with zero attached hydrogens (tertiary/aromatic N) is 2. The maximum atomic E-state index is 13.6. The third kappa shape index (κ3) is 4.15. The average Bonchev–Trinajstić information content (AvgIpc) is 2.74. The minimum absolute atomic E-state index is 0.0235. The minimum Gasteiger partial charge on any atom is -0.493 e. The zero-order valence-corrected chi connectivity index (χ0v) is 18.5. The largest absolute Gasteiger partial charge is 0.493 e. The van der Waals surface area contributed by atoms with Crippen LogP contribution in [0.5, 0.6) is 11.5 Å². The monoisotopic (exact) mass is 458 g/mol. The first-order valence-electron chi connectivity index (χ1n) is 9.09. The van der Waals surface area contributed by atoms with Crippen LogP contribution in [0.4, 0.5) is 4.39 Å². The van der Waals surface area contributed by atoms with Gasteiger partial charge in [-0.25, -0.2) is 21.2 Å². The Morgan fingerprint density at radius 2 is 1.37 bits per heavy atom. The molecule has 0 spiro atoms. The van der Waals surface area contributed by atoms with E-state index in [4.69, 9.17) is 9.47 Å². The first-order valence-corrected chi connectivity index (χ1v) is 12.0. The van der Waals surface area contributed by atoms with E-state index in [0.717, 1.165) is 6.07 Å². The molecule has 164 valence electrons. The fourth-order valence-corrected chi connectivity index (χ4v) is 6.36. The van der Waals surface area contributed by atoms with Crippen LogP contribution in [0.3, 0.4) is 0 Å². The van der Waals surface area contributed by atoms with E-state index in [0.29, 0.717) is 11.3 Å². The van der Waals surface area contributed by atoms with Crippen molar-refractivity contribution in [2.24, 2.45) is 0 Å². The molecule has 3 rings (SSSR count). The number of hydrogen-bond donors (Lipinski definition) is 0. The van der Waals surface area contributed by atoms with Crippen LogP contribution in [0.2, 0.25) is 0 Å². The average molecular weight is 459 g/mol. The molecule has 2 aromatic carbocycles. The van der Waals surface area contributed by atoms with Gasteiger partial charge >= 0.3 is 0 Å². The predicted octanol–water partition coefficient (Wildman–Crippen LogP) is 1.85. The molecule has 0 amide bonds. The van der Waals surface area contributed by atoms with Crippen LogP contribution in [0.25, 0.3) is 0 Å². The molecule has 1 fully saturated rings. The molecule has 8 nitrogen and oxygen atoms in total. The summed E-state index contributed by atoms with van der Waals surface area (Å²) in [5.74, 6) is 0.0352. The summed E-state index contributed by atoms with van der Waals surface area (Å²) in [5.41, 5.74) is 0.428. The molecule has 0 N–H and O–H groups in total. The molecule has 1 aliphatic heterocycles. The van der Waals surface area contributed by atoms with E-state index < -0.39 is 25.9 Å². The second-order valence-corrected chi connectivity index (χ2v) is 10.6. The molecule has 2 aromatic rings. The molecule has 0 atom stereocenters. The third-order valence-corrected chi connectivity index (χ3v) is 8.89. The molecule has 11 heteroatoms. The van der Waals surface area contributed by atoms with Gasteiger partial charge in [0.15, 0.2) is 11.5 Å². The molecule has 0 aromatic heterocycles. The fraction of sp³-hybridized carbons (Fsp3) is 0.368. The van der Waals surface area contributed by atoms with Gasteiger partial charge in [-0.3, -0.25) is 0 Å².